The van der Waals surface area contributed by atoms with Gasteiger partial charge in [-0.25, -0.2) is 9.79 Å². The number of rotatable bonds is 6. The number of unbranched alkanes of at least 4 members (excludes halogenated alkanes) is 1. The van der Waals surface area contributed by atoms with Crippen LogP contribution in [0.5, 0.6) is 0 Å². The Morgan fingerprint density at radius 1 is 1.08 bits per heavy atom. The molecule has 74 valence electrons. The highest BCUT2D eigenvalue weighted by molar-refractivity contribution is 7.62. The Kier molecular flexibility index (Phi) is 6.02. The van der Waals surface area contributed by atoms with E-state index in [9.17, 15) is 9.79 Å². The fraction of sp³-hybridized carbons (Fsp3) is 1.00. The minimum atomic E-state index is -2.74. The van der Waals surface area contributed by atoms with Crippen molar-refractivity contribution in [2.45, 2.75) is 33.6 Å². The second-order valence-electron chi connectivity index (χ2n) is 2.91. The molecule has 0 heterocycles. The van der Waals surface area contributed by atoms with Crippen molar-refractivity contribution in [2.75, 3.05) is 19.3 Å². The molecule has 0 amide bonds. The number of hydrogen-bond acceptors (Lipinski definition) is 3. The summed E-state index contributed by atoms with van der Waals surface area (Å²) in [6.45, 7) is 7.41. The molecule has 0 unspecified atom stereocenters. The Labute approximate surface area is 76.0 Å². The van der Waals surface area contributed by atoms with Crippen LogP contribution in [0.1, 0.15) is 33.6 Å². The van der Waals surface area contributed by atoms with E-state index in [-0.39, 0.29) is 0 Å². The molecule has 0 saturated heterocycles. The van der Waals surface area contributed by atoms with Gasteiger partial charge in [0, 0.05) is 13.1 Å². The lowest BCUT2D eigenvalue weighted by Crippen LogP contribution is -2.25. The maximum Gasteiger partial charge on any atom is 0.342 e. The molecule has 2 N–H and O–H groups in total. The fourth-order valence-electron chi connectivity index (χ4n) is 1.19. The van der Waals surface area contributed by atoms with Crippen LogP contribution in [-0.4, -0.2) is 33.7 Å². The van der Waals surface area contributed by atoms with Gasteiger partial charge < -0.3 is 0 Å². The van der Waals surface area contributed by atoms with Gasteiger partial charge in [-0.1, -0.05) is 13.3 Å². The lowest BCUT2D eigenvalue weighted by molar-refractivity contribution is 0.328. The largest absolute Gasteiger partial charge is 0.342 e. The summed E-state index contributed by atoms with van der Waals surface area (Å²) in [6, 6.07) is 0. The Morgan fingerprint density at radius 3 is 1.92 bits per heavy atom. The van der Waals surface area contributed by atoms with E-state index in [1.165, 1.54) is 0 Å². The Hall–Kier alpha value is 0.310. The summed E-state index contributed by atoms with van der Waals surface area (Å²) in [5.41, 5.74) is 0. The third-order valence-corrected chi connectivity index (χ3v) is 4.38. The van der Waals surface area contributed by atoms with Crippen molar-refractivity contribution >= 4 is 7.87 Å². The molecule has 4 heteroatoms. The van der Waals surface area contributed by atoms with Gasteiger partial charge in [0.25, 0.3) is 0 Å². The maximum atomic E-state index is 9.70. The first-order valence-corrected chi connectivity index (χ1v) is 6.50. The first kappa shape index (κ1) is 12.3. The van der Waals surface area contributed by atoms with Crippen molar-refractivity contribution in [3.63, 3.8) is 0 Å². The lowest BCUT2D eigenvalue weighted by Gasteiger charge is -2.23. The summed E-state index contributed by atoms with van der Waals surface area (Å²) in [5.74, 6) is 0. The minimum Gasteiger partial charge on any atom is -0.202 e. The first-order valence-electron chi connectivity index (χ1n) is 4.67. The fourth-order valence-corrected chi connectivity index (χ4v) is 3.12. The van der Waals surface area contributed by atoms with E-state index in [0.717, 1.165) is 25.9 Å². The van der Waals surface area contributed by atoms with Gasteiger partial charge in [0.2, 0.25) is 0 Å². The summed E-state index contributed by atoms with van der Waals surface area (Å²) >= 11 is 0. The quantitative estimate of drug-likeness (QED) is 0.634. The molecule has 3 nitrogen and oxygen atoms in total. The van der Waals surface area contributed by atoms with E-state index in [0.29, 0.717) is 6.16 Å². The zero-order valence-electron chi connectivity index (χ0n) is 8.32. The van der Waals surface area contributed by atoms with Crippen molar-refractivity contribution in [3.05, 3.63) is 0 Å². The molecule has 0 saturated carbocycles. The molecule has 0 aliphatic heterocycles. The Bertz CT molecular complexity index is 116. The van der Waals surface area contributed by atoms with Crippen LogP contribution < -0.4 is 0 Å². The van der Waals surface area contributed by atoms with E-state index >= 15 is 0 Å². The van der Waals surface area contributed by atoms with E-state index in [4.69, 9.17) is 0 Å². The average molecular weight is 194 g/mol. The lowest BCUT2D eigenvalue weighted by atomic mass is 10.4. The zero-order valence-corrected chi connectivity index (χ0v) is 9.22. The van der Waals surface area contributed by atoms with Crippen LogP contribution in [0.15, 0.2) is 0 Å². The smallest absolute Gasteiger partial charge is 0.202 e. The van der Waals surface area contributed by atoms with Crippen molar-refractivity contribution in [1.29, 1.82) is 0 Å². The molecule has 0 aromatic rings. The highest BCUT2D eigenvalue weighted by Crippen LogP contribution is 2.53. The van der Waals surface area contributed by atoms with Crippen LogP contribution >= 0.6 is 7.87 Å². The molecule has 12 heavy (non-hydrogen) atoms. The molecule has 0 spiro atoms. The topological polar surface area (TPSA) is 43.7 Å². The minimum absolute atomic E-state index is 0.547. The highest BCUT2D eigenvalue weighted by Gasteiger charge is 2.38. The van der Waals surface area contributed by atoms with Crippen LogP contribution in [0.3, 0.4) is 0 Å². The first-order chi connectivity index (χ1) is 5.58. The molecule has 0 fully saturated rings. The second-order valence-corrected chi connectivity index (χ2v) is 5.31. The molecular formula is C8H21NO2P+. The molecular weight excluding hydrogens is 173 g/mol. The molecule has 0 aromatic heterocycles. The van der Waals surface area contributed by atoms with Crippen LogP contribution in [-0.2, 0) is 0 Å². The molecule has 0 bridgehead atoms. The molecule has 0 radical (unpaired) electrons. The van der Waals surface area contributed by atoms with Gasteiger partial charge >= 0.3 is 7.87 Å². The predicted octanol–water partition coefficient (Wildman–Crippen LogP) is 1.88. The standard InChI is InChI=1S/C8H21NO2P/c1-4-7-8-12(10,11)9(5-2)6-3/h10-11H,4-8H2,1-3H3/q+1. The normalized spacial score (nSPS) is 12.5. The average Bonchev–Trinajstić information content (AvgIpc) is 2.03. The van der Waals surface area contributed by atoms with E-state index in [1.807, 2.05) is 13.8 Å². The molecule has 0 aromatic carbocycles. The van der Waals surface area contributed by atoms with Gasteiger partial charge in [-0.05, 0) is 20.3 Å². The third kappa shape index (κ3) is 3.81. The van der Waals surface area contributed by atoms with Crippen molar-refractivity contribution in [1.82, 2.24) is 4.67 Å². The monoisotopic (exact) mass is 194 g/mol. The molecule has 0 atom stereocenters. The Balaban J connectivity index is 3.96. The van der Waals surface area contributed by atoms with Crippen LogP contribution in [0.2, 0.25) is 0 Å². The highest BCUT2D eigenvalue weighted by atomic mass is 31.2. The van der Waals surface area contributed by atoms with Crippen LogP contribution in [0, 0.1) is 0 Å². The van der Waals surface area contributed by atoms with E-state index < -0.39 is 7.87 Å². The van der Waals surface area contributed by atoms with E-state index in [2.05, 4.69) is 6.92 Å². The summed E-state index contributed by atoms with van der Waals surface area (Å²) < 4.78 is 1.77. The maximum absolute atomic E-state index is 9.70. The van der Waals surface area contributed by atoms with Crippen molar-refractivity contribution in [2.24, 2.45) is 0 Å². The van der Waals surface area contributed by atoms with Crippen molar-refractivity contribution < 1.29 is 9.79 Å². The molecule has 0 rings (SSSR count). The van der Waals surface area contributed by atoms with Gasteiger partial charge in [-0.2, -0.15) is 0 Å². The predicted molar refractivity (Wildman–Crippen MR) is 54.1 cm³/mol. The zero-order chi connectivity index (χ0) is 9.61. The summed E-state index contributed by atoms with van der Waals surface area (Å²) in [7, 11) is -2.74. The number of nitrogens with zero attached hydrogens (tertiary/aromatic N) is 1. The summed E-state index contributed by atoms with van der Waals surface area (Å²) in [6.07, 6.45) is 2.46. The summed E-state index contributed by atoms with van der Waals surface area (Å²) in [4.78, 5) is 19.4. The van der Waals surface area contributed by atoms with Crippen LogP contribution in [0.4, 0.5) is 0 Å². The van der Waals surface area contributed by atoms with Gasteiger partial charge in [-0.15, -0.1) is 4.67 Å². The van der Waals surface area contributed by atoms with Gasteiger partial charge in [0.1, 0.15) is 6.16 Å². The third-order valence-electron chi connectivity index (χ3n) is 1.99. The SMILES string of the molecule is CCCC[P+](O)(O)N(CC)CC. The van der Waals surface area contributed by atoms with Gasteiger partial charge in [-0.3, -0.25) is 0 Å². The van der Waals surface area contributed by atoms with Gasteiger partial charge in [0.15, 0.2) is 0 Å². The van der Waals surface area contributed by atoms with Gasteiger partial charge in [0.05, 0.1) is 0 Å². The Morgan fingerprint density at radius 2 is 1.58 bits per heavy atom. The van der Waals surface area contributed by atoms with E-state index in [1.54, 1.807) is 4.67 Å². The van der Waals surface area contributed by atoms with Crippen molar-refractivity contribution in [3.8, 4) is 0 Å². The molecule has 0 aliphatic rings. The second kappa shape index (κ2) is 5.87. The van der Waals surface area contributed by atoms with Crippen LogP contribution in [0.25, 0.3) is 0 Å². The molecule has 0 aliphatic carbocycles. The number of hydrogen-bond donors (Lipinski definition) is 2. The summed E-state index contributed by atoms with van der Waals surface area (Å²) in [5, 5.41) is 0.